The van der Waals surface area contributed by atoms with Crippen molar-refractivity contribution in [1.82, 2.24) is 15.2 Å². The molecule has 0 radical (unpaired) electrons. The van der Waals surface area contributed by atoms with Crippen LogP contribution in [0.15, 0.2) is 4.42 Å². The van der Waals surface area contributed by atoms with Crippen LogP contribution in [-0.4, -0.2) is 29.9 Å². The monoisotopic (exact) mass is 305 g/mol. The molecule has 0 aromatic carbocycles. The van der Waals surface area contributed by atoms with Gasteiger partial charge in [0.1, 0.15) is 15.6 Å². The Balaban J connectivity index is 2.45. The third-order valence-corrected chi connectivity index (χ3v) is 4.34. The molecular weight excluding hydrogens is 294 g/mol. The lowest BCUT2D eigenvalue weighted by Crippen LogP contribution is -2.00. The van der Waals surface area contributed by atoms with Gasteiger partial charge in [0, 0.05) is 6.26 Å². The van der Waals surface area contributed by atoms with Gasteiger partial charge in [0.25, 0.3) is 10.7 Å². The highest BCUT2D eigenvalue weighted by molar-refractivity contribution is 7.90. The van der Waals surface area contributed by atoms with E-state index in [1.165, 1.54) is 17.6 Å². The topological polar surface area (TPSA) is 88.9 Å². The number of rotatable bonds is 4. The first kappa shape index (κ1) is 13.4. The van der Waals surface area contributed by atoms with Gasteiger partial charge in [-0.3, -0.25) is 0 Å². The average molecular weight is 305 g/mol. The molecule has 0 saturated carbocycles. The maximum Gasteiger partial charge on any atom is 0.284 e. The van der Waals surface area contributed by atoms with Crippen molar-refractivity contribution >= 4 is 33.4 Å². The number of H-pyrrole nitrogens is 1. The van der Waals surface area contributed by atoms with Crippen LogP contribution >= 0.6 is 23.6 Å². The SMILES string of the molecule is CCc1nc(CS(C)(=O)=O)sc1-c1n[nH]c(=S)o1. The molecule has 2 aromatic rings. The number of thiazole rings is 1. The minimum Gasteiger partial charge on any atom is -0.408 e. The van der Waals surface area contributed by atoms with E-state index in [0.717, 1.165) is 10.6 Å². The predicted molar refractivity (Wildman–Crippen MR) is 70.7 cm³/mol. The van der Waals surface area contributed by atoms with Gasteiger partial charge in [-0.2, -0.15) is 0 Å². The zero-order valence-electron chi connectivity index (χ0n) is 9.76. The summed E-state index contributed by atoms with van der Waals surface area (Å²) in [7, 11) is -3.10. The van der Waals surface area contributed by atoms with Crippen LogP contribution in [0, 0.1) is 4.84 Å². The highest BCUT2D eigenvalue weighted by Crippen LogP contribution is 2.30. The summed E-state index contributed by atoms with van der Waals surface area (Å²) in [6.45, 7) is 1.93. The summed E-state index contributed by atoms with van der Waals surface area (Å²) in [6.07, 6.45) is 1.85. The van der Waals surface area contributed by atoms with Crippen molar-refractivity contribution in [2.45, 2.75) is 19.1 Å². The lowest BCUT2D eigenvalue weighted by atomic mass is 10.3. The Hall–Kier alpha value is -1.06. The molecule has 0 fully saturated rings. The van der Waals surface area contributed by atoms with Gasteiger partial charge < -0.3 is 4.42 Å². The van der Waals surface area contributed by atoms with E-state index in [0.29, 0.717) is 17.3 Å². The number of aromatic amines is 1. The fourth-order valence-electron chi connectivity index (χ4n) is 1.42. The molecule has 0 spiro atoms. The summed E-state index contributed by atoms with van der Waals surface area (Å²) in [6, 6.07) is 0. The fraction of sp³-hybridized carbons (Fsp3) is 0.444. The molecule has 0 aliphatic carbocycles. The largest absolute Gasteiger partial charge is 0.408 e. The van der Waals surface area contributed by atoms with Crippen molar-refractivity contribution < 1.29 is 12.8 Å². The fourth-order valence-corrected chi connectivity index (χ4v) is 3.81. The Morgan fingerprint density at radius 2 is 2.22 bits per heavy atom. The molecule has 1 N–H and O–H groups in total. The van der Waals surface area contributed by atoms with Gasteiger partial charge in [0.05, 0.1) is 5.69 Å². The van der Waals surface area contributed by atoms with E-state index in [2.05, 4.69) is 15.2 Å². The summed E-state index contributed by atoms with van der Waals surface area (Å²) in [5, 5.41) is 7.00. The number of hydrogen-bond acceptors (Lipinski definition) is 7. The van der Waals surface area contributed by atoms with Crippen molar-refractivity contribution in [3.63, 3.8) is 0 Å². The van der Waals surface area contributed by atoms with Gasteiger partial charge in [-0.1, -0.05) is 6.92 Å². The first-order chi connectivity index (χ1) is 8.39. The number of hydrogen-bond donors (Lipinski definition) is 1. The van der Waals surface area contributed by atoms with E-state index >= 15 is 0 Å². The number of aromatic nitrogens is 3. The van der Waals surface area contributed by atoms with Crippen molar-refractivity contribution in [1.29, 1.82) is 0 Å². The molecule has 2 rings (SSSR count). The number of aryl methyl sites for hydroxylation is 1. The minimum absolute atomic E-state index is 0.0736. The number of sulfone groups is 1. The van der Waals surface area contributed by atoms with Crippen LogP contribution in [0.25, 0.3) is 10.8 Å². The minimum atomic E-state index is -3.10. The molecule has 0 amide bonds. The Bertz CT molecular complexity index is 711. The maximum absolute atomic E-state index is 11.3. The lowest BCUT2D eigenvalue weighted by Gasteiger charge is -1.91. The van der Waals surface area contributed by atoms with Crippen molar-refractivity contribution in [3.05, 3.63) is 15.5 Å². The second-order valence-corrected chi connectivity index (χ2v) is 7.32. The van der Waals surface area contributed by atoms with E-state index < -0.39 is 9.84 Å². The van der Waals surface area contributed by atoms with E-state index in [-0.39, 0.29) is 10.6 Å². The second kappa shape index (κ2) is 4.90. The van der Waals surface area contributed by atoms with Crippen LogP contribution in [0.1, 0.15) is 17.6 Å². The first-order valence-corrected chi connectivity index (χ1v) is 8.39. The highest BCUT2D eigenvalue weighted by atomic mass is 32.2. The molecule has 0 unspecified atom stereocenters. The quantitative estimate of drug-likeness (QED) is 0.869. The molecule has 0 aliphatic rings. The van der Waals surface area contributed by atoms with Crippen LogP contribution < -0.4 is 0 Å². The number of nitrogens with one attached hydrogen (secondary N) is 1. The Morgan fingerprint density at radius 3 is 2.72 bits per heavy atom. The van der Waals surface area contributed by atoms with Crippen molar-refractivity contribution in [2.75, 3.05) is 6.26 Å². The molecule has 2 aromatic heterocycles. The Morgan fingerprint density at radius 1 is 1.50 bits per heavy atom. The molecule has 0 bridgehead atoms. The van der Waals surface area contributed by atoms with Gasteiger partial charge in [0.15, 0.2) is 9.84 Å². The van der Waals surface area contributed by atoms with Crippen LogP contribution in [0.4, 0.5) is 0 Å². The van der Waals surface area contributed by atoms with E-state index in [1.54, 1.807) is 0 Å². The maximum atomic E-state index is 11.3. The average Bonchev–Trinajstić information content (AvgIpc) is 2.81. The van der Waals surface area contributed by atoms with Crippen LogP contribution in [-0.2, 0) is 22.0 Å². The second-order valence-electron chi connectivity index (χ2n) is 3.73. The summed E-state index contributed by atoms with van der Waals surface area (Å²) < 4.78 is 27.7. The van der Waals surface area contributed by atoms with Gasteiger partial charge in [-0.05, 0) is 18.6 Å². The van der Waals surface area contributed by atoms with Crippen LogP contribution in [0.3, 0.4) is 0 Å². The summed E-state index contributed by atoms with van der Waals surface area (Å²) >= 11 is 6.08. The van der Waals surface area contributed by atoms with E-state index in [1.807, 2.05) is 6.92 Å². The summed E-state index contributed by atoms with van der Waals surface area (Å²) in [4.78, 5) is 5.20. The smallest absolute Gasteiger partial charge is 0.284 e. The molecule has 0 saturated heterocycles. The van der Waals surface area contributed by atoms with Crippen molar-refractivity contribution in [3.8, 4) is 10.8 Å². The molecule has 9 heteroatoms. The number of nitrogens with zero attached hydrogens (tertiary/aromatic N) is 2. The molecule has 0 atom stereocenters. The van der Waals surface area contributed by atoms with Crippen LogP contribution in [0.5, 0.6) is 0 Å². The predicted octanol–water partition coefficient (Wildman–Crippen LogP) is 1.96. The normalized spacial score (nSPS) is 11.9. The van der Waals surface area contributed by atoms with E-state index in [4.69, 9.17) is 16.6 Å². The first-order valence-electron chi connectivity index (χ1n) is 5.11. The lowest BCUT2D eigenvalue weighted by molar-refractivity contribution is 0.552. The highest BCUT2D eigenvalue weighted by Gasteiger charge is 2.18. The summed E-state index contributed by atoms with van der Waals surface area (Å²) in [5.74, 6) is 0.282. The van der Waals surface area contributed by atoms with Gasteiger partial charge in [0.2, 0.25) is 0 Å². The van der Waals surface area contributed by atoms with Gasteiger partial charge in [-0.25, -0.2) is 18.5 Å². The zero-order chi connectivity index (χ0) is 13.3. The third-order valence-electron chi connectivity index (χ3n) is 2.09. The van der Waals surface area contributed by atoms with Gasteiger partial charge >= 0.3 is 0 Å². The van der Waals surface area contributed by atoms with Crippen LogP contribution in [0.2, 0.25) is 0 Å². The molecule has 6 nitrogen and oxygen atoms in total. The Labute approximate surface area is 113 Å². The van der Waals surface area contributed by atoms with Crippen molar-refractivity contribution in [2.24, 2.45) is 0 Å². The standard InChI is InChI=1S/C9H11N3O3S3/c1-3-5-7(8-11-12-9(16)15-8)17-6(10-5)4-18(2,13)14/h3-4H2,1-2H3,(H,12,16). The molecule has 18 heavy (non-hydrogen) atoms. The Kier molecular flexibility index (Phi) is 3.64. The zero-order valence-corrected chi connectivity index (χ0v) is 12.2. The summed E-state index contributed by atoms with van der Waals surface area (Å²) in [5.41, 5.74) is 0.768. The molecule has 2 heterocycles. The van der Waals surface area contributed by atoms with E-state index in [9.17, 15) is 8.42 Å². The third kappa shape index (κ3) is 3.03. The molecule has 98 valence electrons. The van der Waals surface area contributed by atoms with Gasteiger partial charge in [-0.15, -0.1) is 16.4 Å². The molecule has 0 aliphatic heterocycles. The molecular formula is C9H11N3O3S3.